The van der Waals surface area contributed by atoms with E-state index < -0.39 is 0 Å². The van der Waals surface area contributed by atoms with E-state index in [1.165, 1.54) is 83.5 Å². The Hall–Kier alpha value is 0.326. The van der Waals surface area contributed by atoms with Crippen molar-refractivity contribution in [1.82, 2.24) is 0 Å². The van der Waals surface area contributed by atoms with E-state index in [4.69, 9.17) is 4.74 Å². The van der Waals surface area contributed by atoms with Gasteiger partial charge in [0.1, 0.15) is 0 Å². The first-order valence-corrected chi connectivity index (χ1v) is 10.6. The van der Waals surface area contributed by atoms with Crippen LogP contribution >= 0.6 is 0 Å². The Morgan fingerprint density at radius 3 is 1.58 bits per heavy atom. The van der Waals surface area contributed by atoms with Crippen molar-refractivity contribution in [3.8, 4) is 0 Å². The zero-order valence-corrected chi connectivity index (χ0v) is 16.3. The van der Waals surface area contributed by atoms with Crippen molar-refractivity contribution < 1.29 is 9.53 Å². The molecular formula is C23H39KO2. The summed E-state index contributed by atoms with van der Waals surface area (Å²) in [5.74, 6) is -0.199. The van der Waals surface area contributed by atoms with Gasteiger partial charge in [0.15, 0.2) is 0 Å². The van der Waals surface area contributed by atoms with E-state index >= 15 is 0 Å². The fraction of sp³-hybridized carbons (Fsp3) is 0.696. The second kappa shape index (κ2) is 20.1. The molecule has 0 bridgehead atoms. The van der Waals surface area contributed by atoms with Gasteiger partial charge in [-0.15, -0.1) is 0 Å². The van der Waals surface area contributed by atoms with Gasteiger partial charge in [-0.1, -0.05) is 109 Å². The third-order valence-corrected chi connectivity index (χ3v) is 4.74. The van der Waals surface area contributed by atoms with Crippen molar-refractivity contribution in [3.05, 3.63) is 35.9 Å². The minimum absolute atomic E-state index is 0. The number of carbonyl (C=O) groups is 1. The monoisotopic (exact) mass is 386 g/mol. The standard InChI is InChI=1S/C23H38O2.K.H/c1-2-3-4-5-6-7-8-9-10-11-12-13-14-18-21-25-23(24)22-19-16-15-17-20-22;;/h15-17,19-20H,2-14,18,21H2,1H3;;. The average molecular weight is 387 g/mol. The summed E-state index contributed by atoms with van der Waals surface area (Å²) in [6, 6.07) is 9.23. The van der Waals surface area contributed by atoms with Gasteiger partial charge in [0.05, 0.1) is 12.2 Å². The zero-order chi connectivity index (χ0) is 18.0. The SMILES string of the molecule is CCCCCCCCCCCCCCCCOC(=O)c1ccccc1.[KH]. The first-order chi connectivity index (χ1) is 12.3. The summed E-state index contributed by atoms with van der Waals surface area (Å²) in [6.07, 6.45) is 18.8. The summed E-state index contributed by atoms with van der Waals surface area (Å²) in [7, 11) is 0. The minimum atomic E-state index is -0.199. The molecule has 0 aliphatic carbocycles. The molecule has 0 unspecified atom stereocenters. The van der Waals surface area contributed by atoms with Gasteiger partial charge in [-0.3, -0.25) is 0 Å². The summed E-state index contributed by atoms with van der Waals surface area (Å²) >= 11 is 0. The van der Waals surface area contributed by atoms with Gasteiger partial charge in [-0.25, -0.2) is 4.79 Å². The number of esters is 1. The van der Waals surface area contributed by atoms with Crippen molar-refractivity contribution in [1.29, 1.82) is 0 Å². The van der Waals surface area contributed by atoms with Crippen molar-refractivity contribution >= 4 is 57.4 Å². The number of unbranched alkanes of at least 4 members (excludes halogenated alkanes) is 13. The summed E-state index contributed by atoms with van der Waals surface area (Å²) in [5.41, 5.74) is 0.646. The van der Waals surface area contributed by atoms with Crippen LogP contribution < -0.4 is 0 Å². The number of benzene rings is 1. The van der Waals surface area contributed by atoms with E-state index in [0.29, 0.717) is 12.2 Å². The van der Waals surface area contributed by atoms with Gasteiger partial charge in [-0.2, -0.15) is 0 Å². The van der Waals surface area contributed by atoms with E-state index in [2.05, 4.69) is 6.92 Å². The van der Waals surface area contributed by atoms with Crippen molar-refractivity contribution in [2.75, 3.05) is 6.61 Å². The molecule has 0 fully saturated rings. The number of ether oxygens (including phenoxy) is 1. The van der Waals surface area contributed by atoms with E-state index in [1.807, 2.05) is 18.2 Å². The first kappa shape index (κ1) is 26.3. The van der Waals surface area contributed by atoms with Crippen molar-refractivity contribution in [2.45, 2.75) is 96.8 Å². The summed E-state index contributed by atoms with van der Waals surface area (Å²) < 4.78 is 5.30. The molecule has 0 spiro atoms. The second-order valence-corrected chi connectivity index (χ2v) is 7.10. The molecule has 0 N–H and O–H groups in total. The van der Waals surface area contributed by atoms with Crippen LogP contribution in [-0.4, -0.2) is 64.0 Å². The molecular weight excluding hydrogens is 347 g/mol. The molecule has 3 heteroatoms. The molecule has 0 atom stereocenters. The Morgan fingerprint density at radius 1 is 0.692 bits per heavy atom. The molecule has 1 aromatic carbocycles. The molecule has 0 aliphatic rings. The second-order valence-electron chi connectivity index (χ2n) is 7.10. The molecule has 0 radical (unpaired) electrons. The fourth-order valence-electron chi connectivity index (χ4n) is 3.12. The molecule has 144 valence electrons. The van der Waals surface area contributed by atoms with Gasteiger partial charge < -0.3 is 4.74 Å². The van der Waals surface area contributed by atoms with E-state index in [-0.39, 0.29) is 57.4 Å². The quantitative estimate of drug-likeness (QED) is 0.180. The van der Waals surface area contributed by atoms with Crippen LogP contribution in [0.15, 0.2) is 30.3 Å². The van der Waals surface area contributed by atoms with Crippen molar-refractivity contribution in [3.63, 3.8) is 0 Å². The summed E-state index contributed by atoms with van der Waals surface area (Å²) in [5, 5.41) is 0. The Bertz CT molecular complexity index is 419. The molecule has 0 heterocycles. The third kappa shape index (κ3) is 15.4. The zero-order valence-electron chi connectivity index (χ0n) is 16.3. The number of rotatable bonds is 16. The van der Waals surface area contributed by atoms with Gasteiger partial charge in [-0.05, 0) is 18.6 Å². The molecule has 0 saturated carbocycles. The van der Waals surface area contributed by atoms with Crippen LogP contribution in [0.5, 0.6) is 0 Å². The maximum atomic E-state index is 11.8. The van der Waals surface area contributed by atoms with Crippen LogP contribution in [0.25, 0.3) is 0 Å². The Balaban J connectivity index is 0.00000625. The van der Waals surface area contributed by atoms with Crippen LogP contribution in [0.1, 0.15) is 107 Å². The van der Waals surface area contributed by atoms with Crippen LogP contribution in [0.3, 0.4) is 0 Å². The molecule has 0 amide bonds. The van der Waals surface area contributed by atoms with Gasteiger partial charge in [0.2, 0.25) is 0 Å². The first-order valence-electron chi connectivity index (χ1n) is 10.6. The van der Waals surface area contributed by atoms with Crippen LogP contribution in [0.4, 0.5) is 0 Å². The molecule has 1 rings (SSSR count). The topological polar surface area (TPSA) is 26.3 Å². The Kier molecular flexibility index (Phi) is 20.3. The number of hydrogen-bond donors (Lipinski definition) is 0. The summed E-state index contributed by atoms with van der Waals surface area (Å²) in [4.78, 5) is 11.8. The number of hydrogen-bond acceptors (Lipinski definition) is 2. The average Bonchev–Trinajstić information content (AvgIpc) is 2.65. The molecule has 1 aromatic rings. The Morgan fingerprint density at radius 2 is 1.12 bits per heavy atom. The van der Waals surface area contributed by atoms with Gasteiger partial charge >= 0.3 is 57.4 Å². The summed E-state index contributed by atoms with van der Waals surface area (Å²) in [6.45, 7) is 2.82. The van der Waals surface area contributed by atoms with Crippen LogP contribution in [0, 0.1) is 0 Å². The predicted molar refractivity (Wildman–Crippen MR) is 114 cm³/mol. The molecule has 2 nitrogen and oxygen atoms in total. The van der Waals surface area contributed by atoms with E-state index in [1.54, 1.807) is 12.1 Å². The van der Waals surface area contributed by atoms with Crippen molar-refractivity contribution in [2.24, 2.45) is 0 Å². The number of carbonyl (C=O) groups excluding carboxylic acids is 1. The fourth-order valence-corrected chi connectivity index (χ4v) is 3.12. The van der Waals surface area contributed by atoms with Crippen LogP contribution in [-0.2, 0) is 4.74 Å². The van der Waals surface area contributed by atoms with E-state index in [9.17, 15) is 4.79 Å². The van der Waals surface area contributed by atoms with Crippen LogP contribution in [0.2, 0.25) is 0 Å². The third-order valence-electron chi connectivity index (χ3n) is 4.74. The molecule has 0 saturated heterocycles. The molecule has 0 aliphatic heterocycles. The van der Waals surface area contributed by atoms with E-state index in [0.717, 1.165) is 6.42 Å². The van der Waals surface area contributed by atoms with Gasteiger partial charge in [0.25, 0.3) is 0 Å². The molecule has 26 heavy (non-hydrogen) atoms. The maximum absolute atomic E-state index is 11.8. The van der Waals surface area contributed by atoms with Gasteiger partial charge in [0, 0.05) is 0 Å². The Labute approximate surface area is 204 Å². The molecule has 0 aromatic heterocycles. The predicted octanol–water partition coefficient (Wildman–Crippen LogP) is 6.68. The normalized spacial score (nSPS) is 10.3.